The van der Waals surface area contributed by atoms with Crippen molar-refractivity contribution in [2.45, 2.75) is 5.41 Å². The van der Waals surface area contributed by atoms with E-state index in [-0.39, 0.29) is 0 Å². The molecule has 15 rings (SSSR count). The van der Waals surface area contributed by atoms with E-state index < -0.39 is 5.41 Å². The lowest BCUT2D eigenvalue weighted by molar-refractivity contribution is 0.436. The van der Waals surface area contributed by atoms with E-state index in [1.807, 2.05) is 30.3 Å². The van der Waals surface area contributed by atoms with Gasteiger partial charge < -0.3 is 13.7 Å². The third-order valence-corrected chi connectivity index (χ3v) is 14.5. The quantitative estimate of drug-likeness (QED) is 0.172. The van der Waals surface area contributed by atoms with Crippen LogP contribution in [0.15, 0.2) is 235 Å². The molecule has 0 unspecified atom stereocenters. The minimum atomic E-state index is -0.542. The molecule has 4 heterocycles. The molecule has 2 aliphatic rings. The number of nitrogens with zero attached hydrogens (tertiary/aromatic N) is 4. The number of aromatic nitrogens is 4. The first-order valence-electron chi connectivity index (χ1n) is 23.7. The highest BCUT2D eigenvalue weighted by molar-refractivity contribution is 6.10. The van der Waals surface area contributed by atoms with E-state index in [4.69, 9.17) is 24.1 Å². The fraction of sp³-hybridized carbons (Fsp3) is 0.0156. The predicted octanol–water partition coefficient (Wildman–Crippen LogP) is 16.0. The van der Waals surface area contributed by atoms with E-state index in [1.54, 1.807) is 0 Å². The summed E-state index contributed by atoms with van der Waals surface area (Å²) in [6, 6.07) is 81.3. The van der Waals surface area contributed by atoms with Gasteiger partial charge in [0, 0.05) is 55.0 Å². The lowest BCUT2D eigenvalue weighted by Crippen LogP contribution is -2.32. The maximum absolute atomic E-state index is 6.82. The Bertz CT molecular complexity index is 4180. The monoisotopic (exact) mass is 894 g/mol. The van der Waals surface area contributed by atoms with Gasteiger partial charge in [0.2, 0.25) is 0 Å². The molecule has 6 heteroatoms. The number of hydrogen-bond acceptors (Lipinski definition) is 5. The number of para-hydroxylation sites is 4. The van der Waals surface area contributed by atoms with Crippen LogP contribution in [-0.2, 0) is 5.41 Å². The van der Waals surface area contributed by atoms with Crippen molar-refractivity contribution in [1.29, 1.82) is 0 Å². The number of hydrogen-bond donors (Lipinski definition) is 0. The van der Waals surface area contributed by atoms with Crippen LogP contribution in [0.25, 0.3) is 106 Å². The van der Waals surface area contributed by atoms with Gasteiger partial charge in [-0.05, 0) is 106 Å². The molecule has 0 radical (unpaired) electrons. The van der Waals surface area contributed by atoms with Gasteiger partial charge >= 0.3 is 0 Å². The summed E-state index contributed by atoms with van der Waals surface area (Å²) in [4.78, 5) is 15.3. The molecule has 13 aromatic rings. The lowest BCUT2D eigenvalue weighted by atomic mass is 9.66. The molecule has 0 saturated heterocycles. The van der Waals surface area contributed by atoms with Crippen molar-refractivity contribution in [3.63, 3.8) is 0 Å². The Kier molecular flexibility index (Phi) is 8.18. The Morgan fingerprint density at radius 1 is 0.343 bits per heavy atom. The Morgan fingerprint density at radius 2 is 0.829 bits per heavy atom. The Hall–Kier alpha value is -9.39. The molecule has 326 valence electrons. The molecule has 0 N–H and O–H groups in total. The van der Waals surface area contributed by atoms with E-state index in [0.29, 0.717) is 17.5 Å². The minimum Gasteiger partial charge on any atom is -0.457 e. The summed E-state index contributed by atoms with van der Waals surface area (Å²) in [5.74, 6) is 3.53. The molecular weight excluding hydrogens is 857 g/mol. The summed E-state index contributed by atoms with van der Waals surface area (Å²) in [6.07, 6.45) is 0. The second kappa shape index (κ2) is 14.8. The SMILES string of the molecule is c1ccc(-c2nc(-c3ccc(-n4c5ccccc5c5ccccc54)cc3)nc(-c3ccc4c(c3)oc3cc(-c5cccc6c5-c5ccccc5C65c6ccccc6Oc6ccccc65)ccc34)n2)cc1. The van der Waals surface area contributed by atoms with Crippen LogP contribution in [0.4, 0.5) is 0 Å². The van der Waals surface area contributed by atoms with Crippen LogP contribution >= 0.6 is 0 Å². The zero-order valence-electron chi connectivity index (χ0n) is 37.5. The first-order chi connectivity index (χ1) is 34.7. The first kappa shape index (κ1) is 38.7. The summed E-state index contributed by atoms with van der Waals surface area (Å²) < 4.78 is 15.7. The topological polar surface area (TPSA) is 66.0 Å². The van der Waals surface area contributed by atoms with Crippen molar-refractivity contribution in [3.05, 3.63) is 253 Å². The molecule has 0 bridgehead atoms. The molecular formula is C64H38N4O2. The van der Waals surface area contributed by atoms with E-state index in [0.717, 1.165) is 78.1 Å². The van der Waals surface area contributed by atoms with Gasteiger partial charge in [-0.2, -0.15) is 0 Å². The summed E-state index contributed by atoms with van der Waals surface area (Å²) in [7, 11) is 0. The molecule has 0 fully saturated rings. The first-order valence-corrected chi connectivity index (χ1v) is 23.7. The van der Waals surface area contributed by atoms with Crippen molar-refractivity contribution in [1.82, 2.24) is 19.5 Å². The number of ether oxygens (including phenoxy) is 1. The molecule has 1 aliphatic carbocycles. The normalized spacial score (nSPS) is 13.1. The average Bonchev–Trinajstić information content (AvgIpc) is 4.08. The van der Waals surface area contributed by atoms with E-state index in [1.165, 1.54) is 44.1 Å². The lowest BCUT2D eigenvalue weighted by Gasteiger charge is -2.39. The fourth-order valence-electron chi connectivity index (χ4n) is 11.5. The molecule has 6 nitrogen and oxygen atoms in total. The molecule has 0 amide bonds. The van der Waals surface area contributed by atoms with Crippen molar-refractivity contribution in [3.8, 4) is 73.6 Å². The van der Waals surface area contributed by atoms with Crippen LogP contribution in [0.1, 0.15) is 22.3 Å². The van der Waals surface area contributed by atoms with Crippen molar-refractivity contribution in [2.75, 3.05) is 0 Å². The second-order valence-corrected chi connectivity index (χ2v) is 18.2. The van der Waals surface area contributed by atoms with Crippen molar-refractivity contribution >= 4 is 43.7 Å². The molecule has 0 atom stereocenters. The molecule has 1 aliphatic heterocycles. The third kappa shape index (κ3) is 5.53. The van der Waals surface area contributed by atoms with Gasteiger partial charge in [0.1, 0.15) is 22.7 Å². The largest absolute Gasteiger partial charge is 0.457 e. The molecule has 1 spiro atoms. The minimum absolute atomic E-state index is 0.542. The van der Waals surface area contributed by atoms with Gasteiger partial charge in [-0.1, -0.05) is 158 Å². The van der Waals surface area contributed by atoms with Gasteiger partial charge in [-0.15, -0.1) is 0 Å². The second-order valence-electron chi connectivity index (χ2n) is 18.2. The molecule has 10 aromatic carbocycles. The van der Waals surface area contributed by atoms with Crippen LogP contribution in [0.2, 0.25) is 0 Å². The predicted molar refractivity (Wildman–Crippen MR) is 281 cm³/mol. The summed E-state index contributed by atoms with van der Waals surface area (Å²) in [5, 5.41) is 4.53. The fourth-order valence-corrected chi connectivity index (χ4v) is 11.5. The van der Waals surface area contributed by atoms with E-state index >= 15 is 0 Å². The maximum atomic E-state index is 6.82. The number of benzene rings is 10. The Balaban J connectivity index is 0.838. The highest BCUT2D eigenvalue weighted by Crippen LogP contribution is 2.63. The highest BCUT2D eigenvalue weighted by Gasteiger charge is 2.51. The highest BCUT2D eigenvalue weighted by atomic mass is 16.5. The van der Waals surface area contributed by atoms with E-state index in [9.17, 15) is 0 Å². The van der Waals surface area contributed by atoms with E-state index in [2.05, 4.69) is 205 Å². The Morgan fingerprint density at radius 3 is 1.50 bits per heavy atom. The van der Waals surface area contributed by atoms with Crippen LogP contribution in [0.3, 0.4) is 0 Å². The number of fused-ring (bicyclic) bond motifs is 15. The van der Waals surface area contributed by atoms with Crippen molar-refractivity contribution in [2.24, 2.45) is 0 Å². The maximum Gasteiger partial charge on any atom is 0.164 e. The van der Waals surface area contributed by atoms with Crippen LogP contribution < -0.4 is 4.74 Å². The zero-order valence-corrected chi connectivity index (χ0v) is 37.5. The van der Waals surface area contributed by atoms with Gasteiger partial charge in [0.25, 0.3) is 0 Å². The Labute approximate surface area is 402 Å². The zero-order chi connectivity index (χ0) is 45.9. The van der Waals surface area contributed by atoms with Crippen LogP contribution in [0, 0.1) is 0 Å². The standard InChI is InChI=1S/C64H38N4O2/c1-2-15-39(16-3-1)61-65-62(40-29-33-43(34-30-40)68-54-25-10-5-17-45(54)46-18-6-11-26-55(46)68)67-63(66-61)42-32-36-48-47-35-31-41(37-58(47)70-59(48)38-42)44-20-14-24-53-60(44)49-19-4-7-21-50(49)64(53)51-22-8-12-27-56(51)69-57-28-13-9-23-52(57)64/h1-38H. The summed E-state index contributed by atoms with van der Waals surface area (Å²) in [5.41, 5.74) is 16.6. The third-order valence-electron chi connectivity index (χ3n) is 14.5. The number of rotatable bonds is 5. The molecule has 0 saturated carbocycles. The molecule has 3 aromatic heterocycles. The van der Waals surface area contributed by atoms with Crippen LogP contribution in [-0.4, -0.2) is 19.5 Å². The van der Waals surface area contributed by atoms with Gasteiger partial charge in [-0.3, -0.25) is 0 Å². The van der Waals surface area contributed by atoms with Crippen LogP contribution in [0.5, 0.6) is 11.5 Å². The summed E-state index contributed by atoms with van der Waals surface area (Å²) >= 11 is 0. The molecule has 70 heavy (non-hydrogen) atoms. The average molecular weight is 895 g/mol. The smallest absolute Gasteiger partial charge is 0.164 e. The van der Waals surface area contributed by atoms with Gasteiger partial charge in [0.15, 0.2) is 17.5 Å². The van der Waals surface area contributed by atoms with Crippen molar-refractivity contribution < 1.29 is 9.15 Å². The van der Waals surface area contributed by atoms with Gasteiger partial charge in [0.05, 0.1) is 16.4 Å². The van der Waals surface area contributed by atoms with Gasteiger partial charge in [-0.25, -0.2) is 15.0 Å². The summed E-state index contributed by atoms with van der Waals surface area (Å²) in [6.45, 7) is 0. The number of furan rings is 1.